The van der Waals surface area contributed by atoms with Gasteiger partial charge in [0.25, 0.3) is 0 Å². The molecule has 0 aromatic heterocycles. The van der Waals surface area contributed by atoms with E-state index >= 15 is 0 Å². The molecule has 1 saturated carbocycles. The highest BCUT2D eigenvalue weighted by molar-refractivity contribution is 5.50. The van der Waals surface area contributed by atoms with Crippen molar-refractivity contribution in [3.05, 3.63) is 29.3 Å². The Morgan fingerprint density at radius 1 is 1.28 bits per heavy atom. The maximum Gasteiger partial charge on any atom is 0.0366 e. The maximum absolute atomic E-state index is 5.63. The number of nitrogens with zero attached hydrogens (tertiary/aromatic N) is 1. The fraction of sp³-hybridized carbons (Fsp3) is 0.625. The molecule has 100 valence electrons. The molecule has 0 saturated heterocycles. The number of hydrogen-bond acceptors (Lipinski definition) is 2. The molecule has 1 aliphatic rings. The number of benzene rings is 1. The van der Waals surface area contributed by atoms with Crippen molar-refractivity contribution in [3.63, 3.8) is 0 Å². The van der Waals surface area contributed by atoms with Gasteiger partial charge in [0, 0.05) is 19.3 Å². The van der Waals surface area contributed by atoms with Gasteiger partial charge in [0.15, 0.2) is 0 Å². The smallest absolute Gasteiger partial charge is 0.0366 e. The maximum atomic E-state index is 5.63. The largest absolute Gasteiger partial charge is 0.374 e. The van der Waals surface area contributed by atoms with E-state index in [1.807, 2.05) is 0 Å². The summed E-state index contributed by atoms with van der Waals surface area (Å²) < 4.78 is 0. The third kappa shape index (κ3) is 3.26. The molecule has 0 heterocycles. The Balaban J connectivity index is 2.01. The molecule has 2 rings (SSSR count). The summed E-state index contributed by atoms with van der Waals surface area (Å²) in [6.45, 7) is 4.13. The first-order valence-corrected chi connectivity index (χ1v) is 7.21. The minimum absolute atomic E-state index is 0.734. The monoisotopic (exact) mass is 246 g/mol. The SMILES string of the molecule is Cc1cc(N(C)CC2CCCC2)ccc1CCN. The predicted molar refractivity (Wildman–Crippen MR) is 79.2 cm³/mol. The minimum atomic E-state index is 0.734. The molecule has 0 bridgehead atoms. The number of nitrogens with two attached hydrogens (primary N) is 1. The minimum Gasteiger partial charge on any atom is -0.374 e. The second-order valence-electron chi connectivity index (χ2n) is 5.68. The molecule has 2 N–H and O–H groups in total. The first-order chi connectivity index (χ1) is 8.70. The third-order valence-corrected chi connectivity index (χ3v) is 4.19. The van der Waals surface area contributed by atoms with Crippen LogP contribution < -0.4 is 10.6 Å². The van der Waals surface area contributed by atoms with E-state index in [4.69, 9.17) is 5.73 Å². The predicted octanol–water partition coefficient (Wildman–Crippen LogP) is 3.12. The van der Waals surface area contributed by atoms with E-state index in [1.165, 1.54) is 49.0 Å². The van der Waals surface area contributed by atoms with E-state index in [-0.39, 0.29) is 0 Å². The van der Waals surface area contributed by atoms with Gasteiger partial charge in [-0.3, -0.25) is 0 Å². The zero-order valence-corrected chi connectivity index (χ0v) is 11.8. The van der Waals surface area contributed by atoms with Gasteiger partial charge in [-0.1, -0.05) is 18.9 Å². The standard InChI is InChI=1S/C16H26N2/c1-13-11-16(8-7-15(13)9-10-17)18(2)12-14-5-3-4-6-14/h7-8,11,14H,3-6,9-10,12,17H2,1-2H3. The molecular weight excluding hydrogens is 220 g/mol. The van der Waals surface area contributed by atoms with Crippen molar-refractivity contribution in [1.82, 2.24) is 0 Å². The number of rotatable bonds is 5. The van der Waals surface area contributed by atoms with Crippen molar-refractivity contribution in [1.29, 1.82) is 0 Å². The van der Waals surface area contributed by atoms with Crippen molar-refractivity contribution in [3.8, 4) is 0 Å². The van der Waals surface area contributed by atoms with Gasteiger partial charge in [-0.25, -0.2) is 0 Å². The van der Waals surface area contributed by atoms with Gasteiger partial charge in [-0.15, -0.1) is 0 Å². The third-order valence-electron chi connectivity index (χ3n) is 4.19. The molecule has 1 aromatic carbocycles. The molecule has 0 amide bonds. The highest BCUT2D eigenvalue weighted by atomic mass is 15.1. The van der Waals surface area contributed by atoms with Gasteiger partial charge in [0.05, 0.1) is 0 Å². The summed E-state index contributed by atoms with van der Waals surface area (Å²) in [5, 5.41) is 0. The van der Waals surface area contributed by atoms with Gasteiger partial charge >= 0.3 is 0 Å². The Hall–Kier alpha value is -1.02. The van der Waals surface area contributed by atoms with Gasteiger partial charge in [0.1, 0.15) is 0 Å². The number of hydrogen-bond donors (Lipinski definition) is 1. The van der Waals surface area contributed by atoms with Crippen molar-refractivity contribution in [2.24, 2.45) is 11.7 Å². The first-order valence-electron chi connectivity index (χ1n) is 7.21. The Kier molecular flexibility index (Phi) is 4.65. The van der Waals surface area contributed by atoms with Gasteiger partial charge in [-0.2, -0.15) is 0 Å². The molecular formula is C16H26N2. The summed E-state index contributed by atoms with van der Waals surface area (Å²) in [7, 11) is 2.22. The lowest BCUT2D eigenvalue weighted by Crippen LogP contribution is -2.24. The van der Waals surface area contributed by atoms with Crippen LogP contribution in [0.4, 0.5) is 5.69 Å². The summed E-state index contributed by atoms with van der Waals surface area (Å²) in [5.41, 5.74) is 9.73. The quantitative estimate of drug-likeness (QED) is 0.865. The average molecular weight is 246 g/mol. The van der Waals surface area contributed by atoms with E-state index < -0.39 is 0 Å². The molecule has 18 heavy (non-hydrogen) atoms. The van der Waals surface area contributed by atoms with E-state index in [1.54, 1.807) is 0 Å². The van der Waals surface area contributed by atoms with Crippen molar-refractivity contribution in [2.75, 3.05) is 25.0 Å². The summed E-state index contributed by atoms with van der Waals surface area (Å²) in [5.74, 6) is 0.902. The van der Waals surface area contributed by atoms with Crippen LogP contribution in [0.2, 0.25) is 0 Å². The van der Waals surface area contributed by atoms with Gasteiger partial charge < -0.3 is 10.6 Å². The van der Waals surface area contributed by atoms with Gasteiger partial charge in [0.2, 0.25) is 0 Å². The molecule has 0 spiro atoms. The molecule has 1 aromatic rings. The van der Waals surface area contributed by atoms with Crippen LogP contribution in [0.3, 0.4) is 0 Å². The van der Waals surface area contributed by atoms with Gasteiger partial charge in [-0.05, 0) is 61.9 Å². The Morgan fingerprint density at radius 3 is 2.61 bits per heavy atom. The van der Waals surface area contributed by atoms with Crippen LogP contribution in [0.25, 0.3) is 0 Å². The lowest BCUT2D eigenvalue weighted by molar-refractivity contribution is 0.547. The van der Waals surface area contributed by atoms with Crippen LogP contribution >= 0.6 is 0 Å². The van der Waals surface area contributed by atoms with Crippen molar-refractivity contribution >= 4 is 5.69 Å². The average Bonchev–Trinajstić information content (AvgIpc) is 2.84. The van der Waals surface area contributed by atoms with Crippen LogP contribution in [0, 0.1) is 12.8 Å². The fourth-order valence-electron chi connectivity index (χ4n) is 3.04. The molecule has 1 aliphatic carbocycles. The first kappa shape index (κ1) is 13.4. The summed E-state index contributed by atoms with van der Waals surface area (Å²) >= 11 is 0. The molecule has 0 atom stereocenters. The number of aryl methyl sites for hydroxylation is 1. The topological polar surface area (TPSA) is 29.3 Å². The van der Waals surface area contributed by atoms with Crippen molar-refractivity contribution in [2.45, 2.75) is 39.0 Å². The number of anilines is 1. The molecule has 0 unspecified atom stereocenters. The van der Waals surface area contributed by atoms with Crippen molar-refractivity contribution < 1.29 is 0 Å². The Labute approximate surface area is 111 Å². The molecule has 0 aliphatic heterocycles. The molecule has 2 heteroatoms. The lowest BCUT2D eigenvalue weighted by atomic mass is 10.0. The van der Waals surface area contributed by atoms with Crippen LogP contribution in [0.5, 0.6) is 0 Å². The van der Waals surface area contributed by atoms with Crippen LogP contribution in [-0.2, 0) is 6.42 Å². The lowest BCUT2D eigenvalue weighted by Gasteiger charge is -2.24. The summed E-state index contributed by atoms with van der Waals surface area (Å²) in [6, 6.07) is 6.79. The van der Waals surface area contributed by atoms with E-state index in [0.29, 0.717) is 0 Å². The summed E-state index contributed by atoms with van der Waals surface area (Å²) in [4.78, 5) is 2.41. The molecule has 2 nitrogen and oxygen atoms in total. The van der Waals surface area contributed by atoms with Crippen LogP contribution in [0.15, 0.2) is 18.2 Å². The normalized spacial score (nSPS) is 16.2. The van der Waals surface area contributed by atoms with E-state index in [9.17, 15) is 0 Å². The van der Waals surface area contributed by atoms with Crippen LogP contribution in [-0.4, -0.2) is 20.1 Å². The molecule has 1 fully saturated rings. The second kappa shape index (κ2) is 6.24. The zero-order chi connectivity index (χ0) is 13.0. The highest BCUT2D eigenvalue weighted by Gasteiger charge is 2.17. The molecule has 0 radical (unpaired) electrons. The summed E-state index contributed by atoms with van der Waals surface area (Å²) in [6.07, 6.45) is 6.65. The highest BCUT2D eigenvalue weighted by Crippen LogP contribution is 2.27. The van der Waals surface area contributed by atoms with E-state index in [0.717, 1.165) is 18.9 Å². The Morgan fingerprint density at radius 2 is 2.00 bits per heavy atom. The van der Waals surface area contributed by atoms with Crippen LogP contribution in [0.1, 0.15) is 36.8 Å². The van der Waals surface area contributed by atoms with E-state index in [2.05, 4.69) is 37.1 Å². The Bertz CT molecular complexity index is 381. The fourth-order valence-corrected chi connectivity index (χ4v) is 3.04. The second-order valence-corrected chi connectivity index (χ2v) is 5.68. The zero-order valence-electron chi connectivity index (χ0n) is 11.8.